The highest BCUT2D eigenvalue weighted by atomic mass is 16.3. The summed E-state index contributed by atoms with van der Waals surface area (Å²) in [5.41, 5.74) is 5.76. The summed E-state index contributed by atoms with van der Waals surface area (Å²) in [4.78, 5) is 14.6. The Morgan fingerprint density at radius 3 is 2.75 bits per heavy atom. The van der Waals surface area contributed by atoms with Crippen molar-refractivity contribution in [3.8, 4) is 0 Å². The Hall–Kier alpha value is -1.29. The molecule has 2 rings (SSSR count). The molecular formula is C16H26N2O2. The molecule has 112 valence electrons. The monoisotopic (exact) mass is 278 g/mol. The first kappa shape index (κ1) is 15.1. The summed E-state index contributed by atoms with van der Waals surface area (Å²) in [5.74, 6) is 1.20. The molecule has 0 aliphatic heterocycles. The summed E-state index contributed by atoms with van der Waals surface area (Å²) in [7, 11) is 0. The summed E-state index contributed by atoms with van der Waals surface area (Å²) in [5, 5.41) is 0. The molecule has 0 spiro atoms. The topological polar surface area (TPSA) is 59.5 Å². The van der Waals surface area contributed by atoms with Gasteiger partial charge in [-0.15, -0.1) is 0 Å². The van der Waals surface area contributed by atoms with E-state index in [9.17, 15) is 4.79 Å². The number of hydrogen-bond donors (Lipinski definition) is 1. The summed E-state index contributed by atoms with van der Waals surface area (Å²) in [6.07, 6.45) is 6.83. The first-order chi connectivity index (χ1) is 9.58. The Labute approximate surface area is 121 Å². The van der Waals surface area contributed by atoms with E-state index in [0.717, 1.165) is 37.9 Å². The van der Waals surface area contributed by atoms with Gasteiger partial charge in [-0.2, -0.15) is 0 Å². The van der Waals surface area contributed by atoms with Crippen LogP contribution in [0.3, 0.4) is 0 Å². The maximum atomic E-state index is 12.6. The van der Waals surface area contributed by atoms with E-state index in [1.165, 1.54) is 0 Å². The van der Waals surface area contributed by atoms with Crippen LogP contribution in [0.1, 0.15) is 51.7 Å². The lowest BCUT2D eigenvalue weighted by molar-refractivity contribution is -0.136. The number of rotatable bonds is 8. The highest BCUT2D eigenvalue weighted by Gasteiger charge is 2.34. The van der Waals surface area contributed by atoms with Crippen LogP contribution in [0.5, 0.6) is 0 Å². The van der Waals surface area contributed by atoms with Gasteiger partial charge in [-0.1, -0.05) is 13.3 Å². The predicted molar refractivity (Wildman–Crippen MR) is 78.9 cm³/mol. The van der Waals surface area contributed by atoms with Crippen LogP contribution in [-0.2, 0) is 11.3 Å². The second-order valence-corrected chi connectivity index (χ2v) is 6.09. The van der Waals surface area contributed by atoms with Gasteiger partial charge < -0.3 is 15.1 Å². The smallest absolute Gasteiger partial charge is 0.226 e. The van der Waals surface area contributed by atoms with Gasteiger partial charge in [0.15, 0.2) is 0 Å². The van der Waals surface area contributed by atoms with E-state index in [0.29, 0.717) is 12.6 Å². The summed E-state index contributed by atoms with van der Waals surface area (Å²) >= 11 is 0. The molecule has 2 unspecified atom stereocenters. The first-order valence-electron chi connectivity index (χ1n) is 7.66. The van der Waals surface area contributed by atoms with Gasteiger partial charge in [0.05, 0.1) is 12.8 Å². The lowest BCUT2D eigenvalue weighted by Crippen LogP contribution is -2.36. The highest BCUT2D eigenvalue weighted by molar-refractivity contribution is 5.79. The largest absolute Gasteiger partial charge is 0.467 e. The predicted octanol–water partition coefficient (Wildman–Crippen LogP) is 2.92. The third-order valence-corrected chi connectivity index (χ3v) is 3.90. The first-order valence-corrected chi connectivity index (χ1v) is 7.66. The number of nitrogens with zero attached hydrogens (tertiary/aromatic N) is 1. The Kier molecular flexibility index (Phi) is 5.24. The summed E-state index contributed by atoms with van der Waals surface area (Å²) in [6.45, 7) is 4.65. The van der Waals surface area contributed by atoms with Gasteiger partial charge in [0.25, 0.3) is 0 Å². The van der Waals surface area contributed by atoms with Gasteiger partial charge >= 0.3 is 0 Å². The molecule has 0 saturated heterocycles. The van der Waals surface area contributed by atoms with Crippen molar-refractivity contribution in [2.75, 3.05) is 0 Å². The number of nitrogens with two attached hydrogens (primary N) is 1. The number of furan rings is 1. The molecule has 4 heteroatoms. The molecule has 1 aromatic rings. The Bertz CT molecular complexity index is 410. The second kappa shape index (κ2) is 6.93. The molecule has 4 nitrogen and oxygen atoms in total. The van der Waals surface area contributed by atoms with Crippen LogP contribution in [-0.4, -0.2) is 22.9 Å². The highest BCUT2D eigenvalue weighted by Crippen LogP contribution is 2.30. The molecule has 0 aromatic carbocycles. The molecule has 2 atom stereocenters. The zero-order valence-electron chi connectivity index (χ0n) is 12.5. The standard InChI is InChI=1S/C16H26N2O2/c1-12(5-3-6-13(2)17)16(19)18(14-8-9-14)11-15-7-4-10-20-15/h4,7,10,12-14H,3,5-6,8-9,11,17H2,1-2H3. The number of carbonyl (C=O) groups excluding carboxylic acids is 1. The zero-order chi connectivity index (χ0) is 14.5. The minimum Gasteiger partial charge on any atom is -0.467 e. The van der Waals surface area contributed by atoms with E-state index in [1.54, 1.807) is 6.26 Å². The van der Waals surface area contributed by atoms with Gasteiger partial charge in [0.2, 0.25) is 5.91 Å². The third-order valence-electron chi connectivity index (χ3n) is 3.90. The minimum atomic E-state index is 0.0734. The van der Waals surface area contributed by atoms with Crippen molar-refractivity contribution in [1.82, 2.24) is 4.90 Å². The Morgan fingerprint density at radius 2 is 2.20 bits per heavy atom. The quantitative estimate of drug-likeness (QED) is 0.795. The van der Waals surface area contributed by atoms with Crippen LogP contribution in [0, 0.1) is 5.92 Å². The van der Waals surface area contributed by atoms with Crippen molar-refractivity contribution in [3.63, 3.8) is 0 Å². The maximum absolute atomic E-state index is 12.6. The van der Waals surface area contributed by atoms with E-state index in [4.69, 9.17) is 10.2 Å². The zero-order valence-corrected chi connectivity index (χ0v) is 12.5. The molecule has 20 heavy (non-hydrogen) atoms. The molecule has 1 fully saturated rings. The molecule has 2 N–H and O–H groups in total. The molecular weight excluding hydrogens is 252 g/mol. The van der Waals surface area contributed by atoms with Crippen LogP contribution >= 0.6 is 0 Å². The second-order valence-electron chi connectivity index (χ2n) is 6.09. The number of amides is 1. The van der Waals surface area contributed by atoms with Crippen molar-refractivity contribution in [3.05, 3.63) is 24.2 Å². The normalized spacial score (nSPS) is 17.8. The fraction of sp³-hybridized carbons (Fsp3) is 0.688. The van der Waals surface area contributed by atoms with E-state index < -0.39 is 0 Å². The Balaban J connectivity index is 1.86. The fourth-order valence-corrected chi connectivity index (χ4v) is 2.50. The van der Waals surface area contributed by atoms with Crippen LogP contribution in [0.15, 0.2) is 22.8 Å². The Morgan fingerprint density at radius 1 is 1.45 bits per heavy atom. The van der Waals surface area contributed by atoms with Crippen molar-refractivity contribution in [2.24, 2.45) is 11.7 Å². The van der Waals surface area contributed by atoms with Crippen molar-refractivity contribution >= 4 is 5.91 Å². The third kappa shape index (κ3) is 4.37. The van der Waals surface area contributed by atoms with E-state index in [1.807, 2.05) is 30.9 Å². The lowest BCUT2D eigenvalue weighted by Gasteiger charge is -2.25. The SMILES string of the molecule is CC(N)CCCC(C)C(=O)N(Cc1ccco1)C1CC1. The van der Waals surface area contributed by atoms with Crippen molar-refractivity contribution in [2.45, 2.75) is 64.6 Å². The molecule has 1 aliphatic carbocycles. The minimum absolute atomic E-state index is 0.0734. The molecule has 1 heterocycles. The average molecular weight is 278 g/mol. The molecule has 1 aliphatic rings. The van der Waals surface area contributed by atoms with E-state index >= 15 is 0 Å². The van der Waals surface area contributed by atoms with Crippen molar-refractivity contribution < 1.29 is 9.21 Å². The fourth-order valence-electron chi connectivity index (χ4n) is 2.50. The molecule has 1 saturated carbocycles. The van der Waals surface area contributed by atoms with Crippen LogP contribution in [0.25, 0.3) is 0 Å². The number of hydrogen-bond acceptors (Lipinski definition) is 3. The summed E-state index contributed by atoms with van der Waals surface area (Å²) < 4.78 is 5.37. The van der Waals surface area contributed by atoms with Crippen LogP contribution in [0.2, 0.25) is 0 Å². The van der Waals surface area contributed by atoms with E-state index in [2.05, 4.69) is 0 Å². The van der Waals surface area contributed by atoms with Gasteiger partial charge in [-0.25, -0.2) is 0 Å². The summed E-state index contributed by atoms with van der Waals surface area (Å²) in [6, 6.07) is 4.45. The van der Waals surface area contributed by atoms with Crippen LogP contribution in [0.4, 0.5) is 0 Å². The van der Waals surface area contributed by atoms with Gasteiger partial charge in [0.1, 0.15) is 5.76 Å². The lowest BCUT2D eigenvalue weighted by atomic mass is 10.0. The molecule has 1 aromatic heterocycles. The van der Waals surface area contributed by atoms with Crippen LogP contribution < -0.4 is 5.73 Å². The van der Waals surface area contributed by atoms with Crippen molar-refractivity contribution in [1.29, 1.82) is 0 Å². The molecule has 1 amide bonds. The average Bonchev–Trinajstić information content (AvgIpc) is 3.11. The van der Waals surface area contributed by atoms with Gasteiger partial charge in [-0.05, 0) is 44.7 Å². The molecule has 0 bridgehead atoms. The van der Waals surface area contributed by atoms with E-state index in [-0.39, 0.29) is 17.9 Å². The number of carbonyl (C=O) groups is 1. The molecule has 0 radical (unpaired) electrons. The maximum Gasteiger partial charge on any atom is 0.226 e. The van der Waals surface area contributed by atoms with Gasteiger partial charge in [-0.3, -0.25) is 4.79 Å². The van der Waals surface area contributed by atoms with Gasteiger partial charge in [0, 0.05) is 18.0 Å².